The number of aromatic hydroxyl groups is 1. The summed E-state index contributed by atoms with van der Waals surface area (Å²) in [6.45, 7) is 3.47. The highest BCUT2D eigenvalue weighted by Gasteiger charge is 2.00. The van der Waals surface area contributed by atoms with Crippen molar-refractivity contribution in [1.82, 2.24) is 0 Å². The van der Waals surface area contributed by atoms with Crippen LogP contribution in [0.4, 0.5) is 0 Å². The number of aromatic nitrogens is 1. The van der Waals surface area contributed by atoms with Crippen LogP contribution in [0.25, 0.3) is 0 Å². The van der Waals surface area contributed by atoms with E-state index >= 15 is 0 Å². The molecule has 0 unspecified atom stereocenters. The third-order valence-electron chi connectivity index (χ3n) is 1.98. The van der Waals surface area contributed by atoms with Gasteiger partial charge in [-0.15, -0.1) is 0 Å². The van der Waals surface area contributed by atoms with Gasteiger partial charge in [0.2, 0.25) is 6.20 Å². The van der Waals surface area contributed by atoms with E-state index in [9.17, 15) is 5.11 Å². The molecule has 0 atom stereocenters. The Bertz CT molecular complexity index is 263. The van der Waals surface area contributed by atoms with E-state index in [4.69, 9.17) is 4.74 Å². The maximum Gasteiger partial charge on any atom is 0.252 e. The van der Waals surface area contributed by atoms with Gasteiger partial charge in [0, 0.05) is 6.07 Å². The summed E-state index contributed by atoms with van der Waals surface area (Å²) in [5, 5.41) is 9.18. The van der Waals surface area contributed by atoms with E-state index in [2.05, 4.69) is 6.92 Å². The van der Waals surface area contributed by atoms with Crippen LogP contribution in [0.15, 0.2) is 24.5 Å². The summed E-state index contributed by atoms with van der Waals surface area (Å²) in [7, 11) is 0. The molecule has 0 amide bonds. The summed E-state index contributed by atoms with van der Waals surface area (Å²) < 4.78 is 7.25. The number of rotatable bonds is 6. The summed E-state index contributed by atoms with van der Waals surface area (Å²) in [4.78, 5) is 0. The van der Waals surface area contributed by atoms with Gasteiger partial charge in [0.1, 0.15) is 0 Å². The summed E-state index contributed by atoms with van der Waals surface area (Å²) >= 11 is 0. The molecule has 3 heteroatoms. The number of nitrogens with zero attached hydrogens (tertiary/aromatic N) is 1. The van der Waals surface area contributed by atoms with Crippen LogP contribution in [-0.2, 0) is 11.5 Å². The molecule has 1 aromatic heterocycles. The topological polar surface area (TPSA) is 33.3 Å². The second kappa shape index (κ2) is 6.38. The Balaban J connectivity index is 2.18. The fraction of sp³-hybridized carbons (Fsp3) is 0.545. The number of pyridine rings is 1. The van der Waals surface area contributed by atoms with E-state index in [1.165, 1.54) is 12.8 Å². The van der Waals surface area contributed by atoms with Crippen molar-refractivity contribution in [3.63, 3.8) is 0 Å². The van der Waals surface area contributed by atoms with Gasteiger partial charge in [-0.3, -0.25) is 0 Å². The van der Waals surface area contributed by atoms with Crippen molar-refractivity contribution in [3.8, 4) is 5.75 Å². The quantitative estimate of drug-likeness (QED) is 0.556. The molecule has 0 saturated heterocycles. The van der Waals surface area contributed by atoms with Crippen LogP contribution in [0.5, 0.6) is 5.75 Å². The monoisotopic (exact) mass is 196 g/mol. The van der Waals surface area contributed by atoms with Crippen LogP contribution < -0.4 is 4.57 Å². The molecule has 0 aromatic carbocycles. The molecule has 0 aliphatic heterocycles. The summed E-state index contributed by atoms with van der Waals surface area (Å²) in [6.07, 6.45) is 7.06. The van der Waals surface area contributed by atoms with E-state index in [0.29, 0.717) is 6.73 Å². The average Bonchev–Trinajstić information content (AvgIpc) is 2.18. The molecule has 3 nitrogen and oxygen atoms in total. The van der Waals surface area contributed by atoms with Gasteiger partial charge in [0.05, 0.1) is 6.61 Å². The third kappa shape index (κ3) is 4.23. The van der Waals surface area contributed by atoms with Gasteiger partial charge in [-0.2, -0.15) is 4.57 Å². The smallest absolute Gasteiger partial charge is 0.252 e. The van der Waals surface area contributed by atoms with Crippen LogP contribution in [0.1, 0.15) is 26.2 Å². The van der Waals surface area contributed by atoms with E-state index in [1.807, 2.05) is 10.8 Å². The highest BCUT2D eigenvalue weighted by molar-refractivity contribution is 5.09. The molecule has 1 heterocycles. The summed E-state index contributed by atoms with van der Waals surface area (Å²) in [6, 6.07) is 3.44. The standard InChI is InChI=1S/C11H17NO2/c1-2-3-4-8-14-10-12-7-5-6-11(13)9-12/h5-7,9H,2-4,8,10H2,1H3/p+1. The molecule has 0 saturated carbocycles. The van der Waals surface area contributed by atoms with E-state index in [1.54, 1.807) is 18.3 Å². The molecule has 0 aliphatic carbocycles. The van der Waals surface area contributed by atoms with Crippen LogP contribution in [0, 0.1) is 0 Å². The molecule has 1 rings (SSSR count). The van der Waals surface area contributed by atoms with Crippen LogP contribution in [0.2, 0.25) is 0 Å². The predicted molar refractivity (Wildman–Crippen MR) is 53.8 cm³/mol. The second-order valence-electron chi connectivity index (χ2n) is 3.32. The number of hydrogen-bond acceptors (Lipinski definition) is 2. The van der Waals surface area contributed by atoms with E-state index in [-0.39, 0.29) is 5.75 Å². The predicted octanol–water partition coefficient (Wildman–Crippen LogP) is 1.84. The minimum absolute atomic E-state index is 0.268. The lowest BCUT2D eigenvalue weighted by atomic mass is 10.3. The van der Waals surface area contributed by atoms with Gasteiger partial charge in [0.25, 0.3) is 6.73 Å². The van der Waals surface area contributed by atoms with Crippen molar-refractivity contribution in [3.05, 3.63) is 24.5 Å². The largest absolute Gasteiger partial charge is 0.503 e. The van der Waals surface area contributed by atoms with Crippen LogP contribution in [-0.4, -0.2) is 11.7 Å². The first kappa shape index (κ1) is 11.0. The minimum atomic E-state index is 0.268. The fourth-order valence-corrected chi connectivity index (χ4v) is 1.21. The lowest BCUT2D eigenvalue weighted by Gasteiger charge is -1.99. The second-order valence-corrected chi connectivity index (χ2v) is 3.32. The zero-order valence-electron chi connectivity index (χ0n) is 8.65. The van der Waals surface area contributed by atoms with Crippen LogP contribution >= 0.6 is 0 Å². The van der Waals surface area contributed by atoms with Crippen molar-refractivity contribution >= 4 is 0 Å². The Kier molecular flexibility index (Phi) is 5.00. The lowest BCUT2D eigenvalue weighted by molar-refractivity contribution is -0.733. The first-order valence-corrected chi connectivity index (χ1v) is 5.08. The van der Waals surface area contributed by atoms with Crippen LogP contribution in [0.3, 0.4) is 0 Å². The summed E-state index contributed by atoms with van der Waals surface area (Å²) in [5.41, 5.74) is 0. The van der Waals surface area contributed by atoms with Gasteiger partial charge < -0.3 is 9.84 Å². The zero-order chi connectivity index (χ0) is 10.2. The van der Waals surface area contributed by atoms with Gasteiger partial charge in [0.15, 0.2) is 11.9 Å². The Labute approximate surface area is 85.0 Å². The Morgan fingerprint density at radius 2 is 2.29 bits per heavy atom. The highest BCUT2D eigenvalue weighted by atomic mass is 16.5. The van der Waals surface area contributed by atoms with Gasteiger partial charge in [-0.05, 0) is 12.5 Å². The molecule has 0 fully saturated rings. The zero-order valence-corrected chi connectivity index (χ0v) is 8.65. The average molecular weight is 196 g/mol. The molecule has 1 N–H and O–H groups in total. The first-order chi connectivity index (χ1) is 6.83. The molecule has 1 aromatic rings. The highest BCUT2D eigenvalue weighted by Crippen LogP contribution is 2.00. The van der Waals surface area contributed by atoms with Gasteiger partial charge >= 0.3 is 0 Å². The molecular formula is C11H18NO2+. The van der Waals surface area contributed by atoms with Crippen molar-refractivity contribution in [2.24, 2.45) is 0 Å². The maximum atomic E-state index is 9.18. The lowest BCUT2D eigenvalue weighted by Crippen LogP contribution is -2.34. The molecule has 0 spiro atoms. The first-order valence-electron chi connectivity index (χ1n) is 5.08. The molecule has 0 aliphatic rings. The fourth-order valence-electron chi connectivity index (χ4n) is 1.21. The van der Waals surface area contributed by atoms with Crippen molar-refractivity contribution in [2.45, 2.75) is 32.9 Å². The Morgan fingerprint density at radius 3 is 3.00 bits per heavy atom. The normalized spacial score (nSPS) is 10.4. The maximum absolute atomic E-state index is 9.18. The van der Waals surface area contributed by atoms with E-state index in [0.717, 1.165) is 13.0 Å². The Morgan fingerprint density at radius 1 is 1.43 bits per heavy atom. The number of hydrogen-bond donors (Lipinski definition) is 1. The molecule has 0 radical (unpaired) electrons. The van der Waals surface area contributed by atoms with Gasteiger partial charge in [-0.25, -0.2) is 0 Å². The van der Waals surface area contributed by atoms with Gasteiger partial charge in [-0.1, -0.05) is 19.8 Å². The third-order valence-corrected chi connectivity index (χ3v) is 1.98. The SMILES string of the molecule is CCCCCOC[n+]1cccc(O)c1. The van der Waals surface area contributed by atoms with Crippen molar-refractivity contribution in [1.29, 1.82) is 0 Å². The molecular weight excluding hydrogens is 178 g/mol. The molecule has 78 valence electrons. The van der Waals surface area contributed by atoms with E-state index < -0.39 is 0 Å². The van der Waals surface area contributed by atoms with Crippen molar-refractivity contribution < 1.29 is 14.4 Å². The van der Waals surface area contributed by atoms with Crippen molar-refractivity contribution in [2.75, 3.05) is 6.61 Å². The molecule has 14 heavy (non-hydrogen) atoms. The molecule has 0 bridgehead atoms. The number of ether oxygens (including phenoxy) is 1. The number of unbranched alkanes of at least 4 members (excludes halogenated alkanes) is 2. The minimum Gasteiger partial charge on any atom is -0.503 e. The Hall–Kier alpha value is -1.09. The summed E-state index contributed by atoms with van der Waals surface area (Å²) in [5.74, 6) is 0.268.